The fourth-order valence-corrected chi connectivity index (χ4v) is 2.08. The van der Waals surface area contributed by atoms with Gasteiger partial charge in [-0.3, -0.25) is 0 Å². The Balaban J connectivity index is 2.19. The van der Waals surface area contributed by atoms with Gasteiger partial charge in [-0.05, 0) is 46.5 Å². The number of benzene rings is 2. The first-order valence-electron chi connectivity index (χ1n) is 6.28. The van der Waals surface area contributed by atoms with Crippen molar-refractivity contribution in [3.05, 3.63) is 52.4 Å². The summed E-state index contributed by atoms with van der Waals surface area (Å²) in [7, 11) is 0. The minimum Gasteiger partial charge on any atom is -0.399 e. The van der Waals surface area contributed by atoms with Gasteiger partial charge in [-0.2, -0.15) is 0 Å². The number of fused-ring (bicyclic) bond motifs is 1. The van der Waals surface area contributed by atoms with E-state index >= 15 is 0 Å². The summed E-state index contributed by atoms with van der Waals surface area (Å²) in [5.41, 5.74) is 15.2. The molecule has 4 N–H and O–H groups in total. The number of hydrogen-bond donors (Lipinski definition) is 3. The molecule has 2 atom stereocenters. The van der Waals surface area contributed by atoms with E-state index in [0.29, 0.717) is 11.3 Å². The molecular formula is C14H16N4O2. The fraction of sp³-hybridized carbons (Fsp3) is 0.286. The minimum absolute atomic E-state index is 0.152. The lowest BCUT2D eigenvalue weighted by molar-refractivity contribution is 0.0151. The summed E-state index contributed by atoms with van der Waals surface area (Å²) in [6.07, 6.45) is -1.76. The van der Waals surface area contributed by atoms with Crippen molar-refractivity contribution >= 4 is 16.5 Å². The molecule has 0 heterocycles. The number of nitrogens with two attached hydrogens (primary N) is 1. The molecule has 0 saturated carbocycles. The van der Waals surface area contributed by atoms with E-state index in [1.54, 1.807) is 12.1 Å². The van der Waals surface area contributed by atoms with E-state index in [4.69, 9.17) is 11.3 Å². The number of aliphatic hydroxyl groups is 2. The van der Waals surface area contributed by atoms with E-state index in [1.807, 2.05) is 24.3 Å². The Hall–Kier alpha value is -2.27. The van der Waals surface area contributed by atoms with Gasteiger partial charge in [0, 0.05) is 17.1 Å². The molecule has 0 aliphatic rings. The normalized spacial score (nSPS) is 13.7. The van der Waals surface area contributed by atoms with E-state index in [2.05, 4.69) is 10.0 Å². The van der Waals surface area contributed by atoms with Crippen LogP contribution in [-0.2, 0) is 0 Å². The van der Waals surface area contributed by atoms with E-state index in [9.17, 15) is 10.2 Å². The Kier molecular flexibility index (Phi) is 4.42. The van der Waals surface area contributed by atoms with Crippen LogP contribution in [0.1, 0.15) is 18.1 Å². The summed E-state index contributed by atoms with van der Waals surface area (Å²) in [4.78, 5) is 2.61. The molecule has 6 heteroatoms. The highest BCUT2D eigenvalue weighted by Crippen LogP contribution is 2.25. The summed E-state index contributed by atoms with van der Waals surface area (Å²) < 4.78 is 0. The Morgan fingerprint density at radius 3 is 2.60 bits per heavy atom. The topological polar surface area (TPSA) is 115 Å². The maximum atomic E-state index is 10.1. The first-order valence-corrected chi connectivity index (χ1v) is 6.28. The molecule has 2 unspecified atom stereocenters. The average Bonchev–Trinajstić information content (AvgIpc) is 2.46. The van der Waals surface area contributed by atoms with E-state index < -0.39 is 12.2 Å². The van der Waals surface area contributed by atoms with Crippen molar-refractivity contribution in [1.82, 2.24) is 0 Å². The van der Waals surface area contributed by atoms with Crippen LogP contribution in [0.15, 0.2) is 41.5 Å². The van der Waals surface area contributed by atoms with Crippen LogP contribution in [0.2, 0.25) is 0 Å². The number of aliphatic hydroxyl groups excluding tert-OH is 2. The van der Waals surface area contributed by atoms with Gasteiger partial charge in [-0.1, -0.05) is 23.3 Å². The lowest BCUT2D eigenvalue weighted by Crippen LogP contribution is -2.19. The third-order valence-corrected chi connectivity index (χ3v) is 3.18. The molecule has 0 aliphatic heterocycles. The molecule has 0 spiro atoms. The fourth-order valence-electron chi connectivity index (χ4n) is 2.08. The lowest BCUT2D eigenvalue weighted by Gasteiger charge is -2.18. The van der Waals surface area contributed by atoms with E-state index in [-0.39, 0.29) is 13.0 Å². The highest BCUT2D eigenvalue weighted by Gasteiger charge is 2.17. The molecule has 0 radical (unpaired) electrons. The largest absolute Gasteiger partial charge is 0.399 e. The number of hydrogen-bond acceptors (Lipinski definition) is 4. The summed E-state index contributed by atoms with van der Waals surface area (Å²) in [5, 5.41) is 25.2. The van der Waals surface area contributed by atoms with Crippen LogP contribution < -0.4 is 5.73 Å². The van der Waals surface area contributed by atoms with Crippen LogP contribution in [-0.4, -0.2) is 22.9 Å². The van der Waals surface area contributed by atoms with Gasteiger partial charge in [0.1, 0.15) is 6.10 Å². The van der Waals surface area contributed by atoms with Crippen molar-refractivity contribution in [3.63, 3.8) is 0 Å². The number of anilines is 1. The van der Waals surface area contributed by atoms with Crippen molar-refractivity contribution in [1.29, 1.82) is 0 Å². The predicted molar refractivity (Wildman–Crippen MR) is 78.0 cm³/mol. The summed E-state index contributed by atoms with van der Waals surface area (Å²) >= 11 is 0. The lowest BCUT2D eigenvalue weighted by atomic mass is 9.98. The van der Waals surface area contributed by atoms with Gasteiger partial charge < -0.3 is 15.9 Å². The Bertz CT molecular complexity index is 653. The highest BCUT2D eigenvalue weighted by molar-refractivity contribution is 5.86. The molecular weight excluding hydrogens is 256 g/mol. The molecule has 20 heavy (non-hydrogen) atoms. The smallest absolute Gasteiger partial charge is 0.105 e. The summed E-state index contributed by atoms with van der Waals surface area (Å²) in [6, 6.07) is 10.9. The third-order valence-electron chi connectivity index (χ3n) is 3.18. The third kappa shape index (κ3) is 3.19. The number of nitrogens with zero attached hydrogens (tertiary/aromatic N) is 3. The van der Waals surface area contributed by atoms with Gasteiger partial charge in [-0.25, -0.2) is 0 Å². The van der Waals surface area contributed by atoms with Crippen LogP contribution in [0.5, 0.6) is 0 Å². The van der Waals surface area contributed by atoms with Crippen molar-refractivity contribution in [2.24, 2.45) is 5.11 Å². The van der Waals surface area contributed by atoms with Crippen molar-refractivity contribution in [2.75, 3.05) is 12.3 Å². The highest BCUT2D eigenvalue weighted by atomic mass is 16.3. The van der Waals surface area contributed by atoms with Crippen LogP contribution >= 0.6 is 0 Å². The van der Waals surface area contributed by atoms with Gasteiger partial charge in [-0.15, -0.1) is 0 Å². The number of azide groups is 1. The maximum Gasteiger partial charge on any atom is 0.105 e. The second-order valence-electron chi connectivity index (χ2n) is 4.62. The molecule has 6 nitrogen and oxygen atoms in total. The van der Waals surface area contributed by atoms with Crippen molar-refractivity contribution in [3.8, 4) is 0 Å². The van der Waals surface area contributed by atoms with Crippen LogP contribution in [0.25, 0.3) is 21.2 Å². The zero-order valence-corrected chi connectivity index (χ0v) is 10.8. The Labute approximate surface area is 116 Å². The molecule has 2 rings (SSSR count). The SMILES string of the molecule is [N-]=[N+]=NCCC(O)C(O)c1ccc2cc(N)ccc2c1. The number of nitrogen functional groups attached to an aromatic ring is 1. The zero-order valence-electron chi connectivity index (χ0n) is 10.8. The molecule has 2 aromatic carbocycles. The van der Waals surface area contributed by atoms with Gasteiger partial charge in [0.25, 0.3) is 0 Å². The second kappa shape index (κ2) is 6.25. The average molecular weight is 272 g/mol. The first kappa shape index (κ1) is 14.1. The van der Waals surface area contributed by atoms with Gasteiger partial charge in [0.05, 0.1) is 6.10 Å². The molecule has 0 saturated heterocycles. The van der Waals surface area contributed by atoms with Crippen LogP contribution in [0.4, 0.5) is 5.69 Å². The predicted octanol–water partition coefficient (Wildman–Crippen LogP) is 2.52. The molecule has 0 amide bonds. The standard InChI is InChI=1S/C14H16N4O2/c15-12-4-3-9-7-11(2-1-10(9)8-12)14(20)13(19)5-6-17-18-16/h1-4,7-8,13-14,19-20H,5-6,15H2. The number of rotatable bonds is 5. The Morgan fingerprint density at radius 2 is 1.85 bits per heavy atom. The molecule has 0 aliphatic carbocycles. The minimum atomic E-state index is -1.01. The zero-order chi connectivity index (χ0) is 14.5. The van der Waals surface area contributed by atoms with Crippen molar-refractivity contribution in [2.45, 2.75) is 18.6 Å². The van der Waals surface area contributed by atoms with E-state index in [1.165, 1.54) is 0 Å². The molecule has 0 bridgehead atoms. The van der Waals surface area contributed by atoms with Crippen LogP contribution in [0.3, 0.4) is 0 Å². The summed E-state index contributed by atoms with van der Waals surface area (Å²) in [6.45, 7) is 0.152. The second-order valence-corrected chi connectivity index (χ2v) is 4.62. The van der Waals surface area contributed by atoms with Crippen LogP contribution in [0, 0.1) is 0 Å². The Morgan fingerprint density at radius 1 is 1.15 bits per heavy atom. The molecule has 0 aromatic heterocycles. The first-order chi connectivity index (χ1) is 9.61. The van der Waals surface area contributed by atoms with E-state index in [0.717, 1.165) is 10.8 Å². The summed E-state index contributed by atoms with van der Waals surface area (Å²) in [5.74, 6) is 0. The van der Waals surface area contributed by atoms with Gasteiger partial charge in [0.15, 0.2) is 0 Å². The van der Waals surface area contributed by atoms with Crippen molar-refractivity contribution < 1.29 is 10.2 Å². The molecule has 2 aromatic rings. The monoisotopic (exact) mass is 272 g/mol. The van der Waals surface area contributed by atoms with Gasteiger partial charge in [0.2, 0.25) is 0 Å². The quantitative estimate of drug-likeness (QED) is 0.336. The van der Waals surface area contributed by atoms with Gasteiger partial charge >= 0.3 is 0 Å². The molecule has 0 fully saturated rings. The maximum absolute atomic E-state index is 10.1. The molecule has 104 valence electrons.